The zero-order valence-electron chi connectivity index (χ0n) is 9.45. The van der Waals surface area contributed by atoms with E-state index in [0.717, 1.165) is 17.1 Å². The maximum Gasteiger partial charge on any atom is 0.261 e. The lowest BCUT2D eigenvalue weighted by molar-refractivity contribution is 0.339. The highest BCUT2D eigenvalue weighted by molar-refractivity contribution is 7.09. The number of aromatic nitrogens is 2. The Kier molecular flexibility index (Phi) is 3.63. The van der Waals surface area contributed by atoms with Crippen molar-refractivity contribution in [2.75, 3.05) is 5.73 Å². The number of anilines is 1. The number of oxime groups is 1. The van der Waals surface area contributed by atoms with Crippen molar-refractivity contribution >= 4 is 28.7 Å². The summed E-state index contributed by atoms with van der Waals surface area (Å²) in [4.78, 5) is 19.8. The van der Waals surface area contributed by atoms with Crippen LogP contribution >= 0.6 is 11.5 Å². The van der Waals surface area contributed by atoms with Crippen LogP contribution in [0.4, 0.5) is 5.13 Å². The molecule has 0 bridgehead atoms. The molecule has 0 aliphatic rings. The number of nitrogen functional groups attached to an aromatic ring is 1. The second-order valence-corrected chi connectivity index (χ2v) is 4.14. The van der Waals surface area contributed by atoms with E-state index < -0.39 is 0 Å². The van der Waals surface area contributed by atoms with Crippen LogP contribution in [0.3, 0.4) is 0 Å². The van der Waals surface area contributed by atoms with Crippen molar-refractivity contribution in [1.82, 2.24) is 9.36 Å². The average Bonchev–Trinajstić information content (AvgIpc) is 2.79. The fraction of sp³-hybridized carbons (Fsp3) is 0.0909. The third-order valence-electron chi connectivity index (χ3n) is 2.08. The minimum atomic E-state index is -0.119. The van der Waals surface area contributed by atoms with Crippen molar-refractivity contribution in [3.8, 4) is 5.75 Å². The van der Waals surface area contributed by atoms with Gasteiger partial charge in [-0.25, -0.2) is 0 Å². The highest BCUT2D eigenvalue weighted by Crippen LogP contribution is 2.16. The van der Waals surface area contributed by atoms with Crippen LogP contribution in [0.2, 0.25) is 0 Å². The first-order chi connectivity index (χ1) is 8.70. The van der Waals surface area contributed by atoms with Gasteiger partial charge in [0.25, 0.3) is 6.29 Å². The van der Waals surface area contributed by atoms with Crippen LogP contribution in [0.25, 0.3) is 0 Å². The lowest BCUT2D eigenvalue weighted by atomic mass is 10.2. The second kappa shape index (κ2) is 5.37. The Morgan fingerprint density at radius 1 is 1.50 bits per heavy atom. The molecule has 91 valence electrons. The molecule has 18 heavy (non-hydrogen) atoms. The van der Waals surface area contributed by atoms with Crippen LogP contribution in [-0.2, 0) is 4.79 Å². The van der Waals surface area contributed by atoms with Crippen molar-refractivity contribution in [3.63, 3.8) is 0 Å². The van der Waals surface area contributed by atoms with Gasteiger partial charge in [0.05, 0.1) is 0 Å². The van der Waals surface area contributed by atoms with Crippen molar-refractivity contribution in [3.05, 3.63) is 35.7 Å². The SMILES string of the molecule is Cc1ccccc1O/N=C(\[C]=O)c1nsc(N)n1. The fourth-order valence-electron chi connectivity index (χ4n) is 1.19. The van der Waals surface area contributed by atoms with Crippen molar-refractivity contribution < 1.29 is 9.63 Å². The van der Waals surface area contributed by atoms with E-state index in [-0.39, 0.29) is 16.7 Å². The summed E-state index contributed by atoms with van der Waals surface area (Å²) in [7, 11) is 0. The first kappa shape index (κ1) is 12.2. The van der Waals surface area contributed by atoms with Crippen molar-refractivity contribution in [1.29, 1.82) is 0 Å². The van der Waals surface area contributed by atoms with Gasteiger partial charge in [-0.2, -0.15) is 9.36 Å². The molecular formula is C11H9N4O2S. The molecule has 1 aromatic carbocycles. The van der Waals surface area contributed by atoms with E-state index in [1.54, 1.807) is 18.4 Å². The number of hydrogen-bond acceptors (Lipinski definition) is 7. The molecule has 1 radical (unpaired) electrons. The Labute approximate surface area is 107 Å². The summed E-state index contributed by atoms with van der Waals surface area (Å²) < 4.78 is 3.85. The number of carbonyl (C=O) groups excluding carboxylic acids is 1. The normalized spacial score (nSPS) is 11.3. The molecule has 0 atom stereocenters. The highest BCUT2D eigenvalue weighted by Gasteiger charge is 2.11. The monoisotopic (exact) mass is 261 g/mol. The number of nitrogens with two attached hydrogens (primary N) is 1. The molecule has 6 nitrogen and oxygen atoms in total. The molecule has 1 aromatic heterocycles. The standard InChI is InChI=1S/C11H9N4O2S/c1-7-4-2-3-5-9(7)17-14-8(6-16)10-13-11(12)18-15-10/h2-5H,1H3,(H2,12,13,15)/b14-8+. The van der Waals surface area contributed by atoms with Gasteiger partial charge in [0.2, 0.25) is 5.82 Å². The van der Waals surface area contributed by atoms with E-state index in [2.05, 4.69) is 14.5 Å². The van der Waals surface area contributed by atoms with Crippen LogP contribution in [0.15, 0.2) is 29.4 Å². The molecule has 0 fully saturated rings. The molecule has 0 aliphatic heterocycles. The molecule has 0 spiro atoms. The van der Waals surface area contributed by atoms with Gasteiger partial charge in [-0.05, 0) is 18.6 Å². The summed E-state index contributed by atoms with van der Waals surface area (Å²) in [6.45, 7) is 1.87. The summed E-state index contributed by atoms with van der Waals surface area (Å²) in [6, 6.07) is 7.29. The van der Waals surface area contributed by atoms with Crippen molar-refractivity contribution in [2.45, 2.75) is 6.92 Å². The Bertz CT molecular complexity index is 594. The van der Waals surface area contributed by atoms with Gasteiger partial charge in [0.1, 0.15) is 0 Å². The molecule has 0 aliphatic carbocycles. The molecule has 7 heteroatoms. The van der Waals surface area contributed by atoms with E-state index in [9.17, 15) is 4.79 Å². The van der Waals surface area contributed by atoms with Crippen LogP contribution in [0.5, 0.6) is 5.75 Å². The van der Waals surface area contributed by atoms with Crippen molar-refractivity contribution in [2.24, 2.45) is 5.16 Å². The third kappa shape index (κ3) is 2.69. The maximum atomic E-state index is 10.8. The molecule has 0 amide bonds. The smallest absolute Gasteiger partial charge is 0.261 e. The van der Waals surface area contributed by atoms with Crippen LogP contribution < -0.4 is 10.6 Å². The van der Waals surface area contributed by atoms with Gasteiger partial charge >= 0.3 is 0 Å². The van der Waals surface area contributed by atoms with E-state index in [4.69, 9.17) is 10.6 Å². The quantitative estimate of drug-likeness (QED) is 0.662. The molecular weight excluding hydrogens is 252 g/mol. The summed E-state index contributed by atoms with van der Waals surface area (Å²) in [6.07, 6.45) is 1.62. The molecule has 0 saturated heterocycles. The van der Waals surface area contributed by atoms with Gasteiger partial charge in [-0.15, -0.1) is 0 Å². The molecule has 1 heterocycles. The summed E-state index contributed by atoms with van der Waals surface area (Å²) in [5, 5.41) is 3.93. The Morgan fingerprint density at radius 2 is 2.28 bits per heavy atom. The second-order valence-electron chi connectivity index (χ2n) is 3.35. The molecule has 2 N–H and O–H groups in total. The lowest BCUT2D eigenvalue weighted by Crippen LogP contribution is -2.07. The number of nitrogens with zero attached hydrogens (tertiary/aromatic N) is 3. The lowest BCUT2D eigenvalue weighted by Gasteiger charge is -2.01. The highest BCUT2D eigenvalue weighted by atomic mass is 32.1. The average molecular weight is 261 g/mol. The Morgan fingerprint density at radius 3 is 2.89 bits per heavy atom. The number of aryl methyl sites for hydroxylation is 1. The summed E-state index contributed by atoms with van der Waals surface area (Å²) in [5.74, 6) is 0.662. The largest absolute Gasteiger partial charge is 0.374 e. The molecule has 0 saturated carbocycles. The van der Waals surface area contributed by atoms with Crippen LogP contribution in [0, 0.1) is 6.92 Å². The van der Waals surface area contributed by atoms with Gasteiger partial charge < -0.3 is 10.6 Å². The molecule has 2 rings (SSSR count). The minimum Gasteiger partial charge on any atom is -0.374 e. The van der Waals surface area contributed by atoms with E-state index in [1.165, 1.54) is 0 Å². The summed E-state index contributed by atoms with van der Waals surface area (Å²) >= 11 is 0.974. The number of rotatable bonds is 4. The maximum absolute atomic E-state index is 10.8. The topological polar surface area (TPSA) is 90.5 Å². The zero-order valence-corrected chi connectivity index (χ0v) is 10.3. The van der Waals surface area contributed by atoms with Gasteiger partial charge in [0.15, 0.2) is 16.6 Å². The number of benzene rings is 1. The van der Waals surface area contributed by atoms with Gasteiger partial charge in [-0.3, -0.25) is 4.79 Å². The van der Waals surface area contributed by atoms with E-state index in [0.29, 0.717) is 5.75 Å². The van der Waals surface area contributed by atoms with E-state index in [1.807, 2.05) is 19.1 Å². The van der Waals surface area contributed by atoms with Crippen LogP contribution in [0.1, 0.15) is 11.4 Å². The molecule has 0 unspecified atom stereocenters. The van der Waals surface area contributed by atoms with Crippen LogP contribution in [-0.4, -0.2) is 21.4 Å². The molecule has 2 aromatic rings. The first-order valence-corrected chi connectivity index (χ1v) is 5.76. The minimum absolute atomic E-state index is 0.112. The zero-order chi connectivity index (χ0) is 13.0. The predicted molar refractivity (Wildman–Crippen MR) is 68.4 cm³/mol. The van der Waals surface area contributed by atoms with E-state index >= 15 is 0 Å². The summed E-state index contributed by atoms with van der Waals surface area (Å²) in [5.41, 5.74) is 6.20. The number of hydrogen-bond donors (Lipinski definition) is 1. The fourth-order valence-corrected chi connectivity index (χ4v) is 1.62. The first-order valence-electron chi connectivity index (χ1n) is 4.99. The predicted octanol–water partition coefficient (Wildman–Crippen LogP) is 1.32. The van der Waals surface area contributed by atoms with Gasteiger partial charge in [-0.1, -0.05) is 23.4 Å². The number of para-hydroxylation sites is 1. The Balaban J connectivity index is 2.21. The Hall–Kier alpha value is -2.28. The van der Waals surface area contributed by atoms with Gasteiger partial charge in [0, 0.05) is 11.5 Å². The third-order valence-corrected chi connectivity index (χ3v) is 2.62.